The minimum Gasteiger partial charge on any atom is -0.383 e. The molecule has 0 saturated heterocycles. The van der Waals surface area contributed by atoms with E-state index < -0.39 is 0 Å². The molecule has 2 amide bonds. The molecule has 0 radical (unpaired) electrons. The molecular weight excluding hydrogens is 452 g/mol. The summed E-state index contributed by atoms with van der Waals surface area (Å²) in [4.78, 5) is 27.8. The van der Waals surface area contributed by atoms with Gasteiger partial charge < -0.3 is 15.0 Å². The van der Waals surface area contributed by atoms with Gasteiger partial charge in [-0.3, -0.25) is 9.59 Å². The number of methoxy groups -OCH3 is 1. The number of rotatable bonds is 11. The van der Waals surface area contributed by atoms with E-state index in [-0.39, 0.29) is 29.7 Å². The average Bonchev–Trinajstić information content (AvgIpc) is 3.25. The summed E-state index contributed by atoms with van der Waals surface area (Å²) in [6.45, 7) is 9.27. The van der Waals surface area contributed by atoms with E-state index in [1.807, 2.05) is 66.7 Å². The molecule has 192 valence electrons. The summed E-state index contributed by atoms with van der Waals surface area (Å²) in [5.41, 5.74) is 2.67. The predicted octanol–water partition coefficient (Wildman–Crippen LogP) is 5.42. The minimum absolute atomic E-state index is 0.0412. The Morgan fingerprint density at radius 3 is 2.31 bits per heavy atom. The van der Waals surface area contributed by atoms with Crippen molar-refractivity contribution < 1.29 is 14.3 Å². The number of hydrogen-bond acceptors (Lipinski definition) is 4. The third kappa shape index (κ3) is 8.05. The number of amides is 2. The molecule has 0 bridgehead atoms. The van der Waals surface area contributed by atoms with Crippen LogP contribution in [0.15, 0.2) is 66.7 Å². The van der Waals surface area contributed by atoms with Gasteiger partial charge in [-0.25, -0.2) is 4.68 Å². The standard InChI is InChI=1S/C29H38N4O3/c1-22(20-29(2,3)4)18-28(35)32(16-17-36-5)21-27(34)30-26-19-25(23-12-8-6-9-13-23)31-33(26)24-14-10-7-11-15-24/h6-15,19,22H,16-18,20-21H2,1-5H3,(H,30,34). The Morgan fingerprint density at radius 2 is 1.69 bits per heavy atom. The van der Waals surface area contributed by atoms with Crippen LogP contribution in [-0.2, 0) is 14.3 Å². The summed E-state index contributed by atoms with van der Waals surface area (Å²) in [6.07, 6.45) is 1.33. The molecule has 0 aliphatic heterocycles. The fraction of sp³-hybridized carbons (Fsp3) is 0.414. The molecule has 0 saturated carbocycles. The number of hydrogen-bond donors (Lipinski definition) is 1. The maximum atomic E-state index is 13.1. The van der Waals surface area contributed by atoms with E-state index in [2.05, 4.69) is 33.0 Å². The molecule has 2 aromatic carbocycles. The predicted molar refractivity (Wildman–Crippen MR) is 144 cm³/mol. The Bertz CT molecular complexity index is 1120. The molecule has 3 rings (SSSR count). The van der Waals surface area contributed by atoms with Crippen LogP contribution < -0.4 is 5.32 Å². The number of ether oxygens (including phenoxy) is 1. The van der Waals surface area contributed by atoms with Crippen molar-refractivity contribution >= 4 is 17.6 Å². The zero-order chi connectivity index (χ0) is 26.1. The number of carbonyl (C=O) groups excluding carboxylic acids is 2. The highest BCUT2D eigenvalue weighted by molar-refractivity contribution is 5.94. The number of benzene rings is 2. The van der Waals surface area contributed by atoms with Gasteiger partial charge in [0.05, 0.1) is 24.5 Å². The summed E-state index contributed by atoms with van der Waals surface area (Å²) in [7, 11) is 1.59. The molecule has 1 atom stereocenters. The van der Waals surface area contributed by atoms with Crippen LogP contribution >= 0.6 is 0 Å². The molecule has 1 heterocycles. The number of nitrogens with one attached hydrogen (secondary N) is 1. The molecule has 7 heteroatoms. The minimum atomic E-state index is -0.278. The third-order valence-corrected chi connectivity index (χ3v) is 5.78. The molecule has 1 aromatic heterocycles. The van der Waals surface area contributed by atoms with Gasteiger partial charge in [0.25, 0.3) is 0 Å². The van der Waals surface area contributed by atoms with Gasteiger partial charge in [-0.2, -0.15) is 5.10 Å². The summed E-state index contributed by atoms with van der Waals surface area (Å²) in [6, 6.07) is 21.3. The second-order valence-corrected chi connectivity index (χ2v) is 10.5. The maximum absolute atomic E-state index is 13.1. The van der Waals surface area contributed by atoms with Crippen LogP contribution in [0.5, 0.6) is 0 Å². The first kappa shape index (κ1) is 27.1. The summed E-state index contributed by atoms with van der Waals surface area (Å²) >= 11 is 0. The fourth-order valence-corrected chi connectivity index (χ4v) is 4.38. The molecule has 0 aliphatic rings. The lowest BCUT2D eigenvalue weighted by molar-refractivity contribution is -0.136. The highest BCUT2D eigenvalue weighted by Gasteiger charge is 2.23. The van der Waals surface area contributed by atoms with E-state index in [1.54, 1.807) is 16.7 Å². The van der Waals surface area contributed by atoms with Crippen LogP contribution in [0.1, 0.15) is 40.5 Å². The molecular formula is C29H38N4O3. The fourth-order valence-electron chi connectivity index (χ4n) is 4.38. The molecule has 7 nitrogen and oxygen atoms in total. The van der Waals surface area contributed by atoms with E-state index >= 15 is 0 Å². The molecule has 1 unspecified atom stereocenters. The van der Waals surface area contributed by atoms with Crippen LogP contribution in [0, 0.1) is 11.3 Å². The molecule has 0 aliphatic carbocycles. The van der Waals surface area contributed by atoms with E-state index in [1.165, 1.54) is 0 Å². The van der Waals surface area contributed by atoms with E-state index in [9.17, 15) is 9.59 Å². The van der Waals surface area contributed by atoms with Crippen molar-refractivity contribution in [3.8, 4) is 16.9 Å². The molecule has 3 aromatic rings. The lowest BCUT2D eigenvalue weighted by Crippen LogP contribution is -2.40. The first-order valence-electron chi connectivity index (χ1n) is 12.4. The highest BCUT2D eigenvalue weighted by Crippen LogP contribution is 2.27. The number of nitrogens with zero attached hydrogens (tertiary/aromatic N) is 3. The van der Waals surface area contributed by atoms with Gasteiger partial charge in [0, 0.05) is 31.7 Å². The van der Waals surface area contributed by atoms with Crippen LogP contribution in [0.2, 0.25) is 0 Å². The summed E-state index contributed by atoms with van der Waals surface area (Å²) < 4.78 is 6.91. The van der Waals surface area contributed by atoms with Crippen molar-refractivity contribution in [2.45, 2.75) is 40.5 Å². The third-order valence-electron chi connectivity index (χ3n) is 5.78. The SMILES string of the molecule is COCCN(CC(=O)Nc1cc(-c2ccccc2)nn1-c1ccccc1)C(=O)CC(C)CC(C)(C)C. The monoisotopic (exact) mass is 490 g/mol. The Hall–Kier alpha value is -3.45. The first-order chi connectivity index (χ1) is 17.2. The number of anilines is 1. The van der Waals surface area contributed by atoms with Crippen LogP contribution in [0.25, 0.3) is 16.9 Å². The van der Waals surface area contributed by atoms with Gasteiger partial charge in [0.1, 0.15) is 5.82 Å². The van der Waals surface area contributed by atoms with E-state index in [4.69, 9.17) is 9.84 Å². The Balaban J connectivity index is 1.78. The average molecular weight is 491 g/mol. The summed E-state index contributed by atoms with van der Waals surface area (Å²) in [5, 5.41) is 7.72. The van der Waals surface area contributed by atoms with E-state index in [0.29, 0.717) is 25.4 Å². The second kappa shape index (κ2) is 12.5. The highest BCUT2D eigenvalue weighted by atomic mass is 16.5. The Morgan fingerprint density at radius 1 is 1.06 bits per heavy atom. The first-order valence-corrected chi connectivity index (χ1v) is 12.4. The number of para-hydroxylation sites is 1. The van der Waals surface area contributed by atoms with Crippen LogP contribution in [-0.4, -0.2) is 53.3 Å². The Kier molecular flexibility index (Phi) is 9.42. The van der Waals surface area contributed by atoms with Gasteiger partial charge >= 0.3 is 0 Å². The number of carbonyl (C=O) groups is 2. The largest absolute Gasteiger partial charge is 0.383 e. The smallest absolute Gasteiger partial charge is 0.245 e. The normalized spacial score (nSPS) is 12.2. The van der Waals surface area contributed by atoms with Crippen molar-refractivity contribution in [1.29, 1.82) is 0 Å². The molecule has 0 fully saturated rings. The van der Waals surface area contributed by atoms with Crippen molar-refractivity contribution in [3.63, 3.8) is 0 Å². The van der Waals surface area contributed by atoms with Gasteiger partial charge in [-0.05, 0) is 29.9 Å². The Labute approximate surface area is 214 Å². The van der Waals surface area contributed by atoms with Crippen LogP contribution in [0.3, 0.4) is 0 Å². The van der Waals surface area contributed by atoms with Gasteiger partial charge in [-0.15, -0.1) is 0 Å². The van der Waals surface area contributed by atoms with Crippen LogP contribution in [0.4, 0.5) is 5.82 Å². The molecule has 1 N–H and O–H groups in total. The maximum Gasteiger partial charge on any atom is 0.245 e. The van der Waals surface area contributed by atoms with Gasteiger partial charge in [0.15, 0.2) is 0 Å². The topological polar surface area (TPSA) is 76.5 Å². The molecule has 0 spiro atoms. The van der Waals surface area contributed by atoms with Gasteiger partial charge in [0.2, 0.25) is 11.8 Å². The second-order valence-electron chi connectivity index (χ2n) is 10.5. The number of aromatic nitrogens is 2. The van der Waals surface area contributed by atoms with Crippen molar-refractivity contribution in [2.24, 2.45) is 11.3 Å². The van der Waals surface area contributed by atoms with Crippen molar-refractivity contribution in [2.75, 3.05) is 32.1 Å². The molecule has 36 heavy (non-hydrogen) atoms. The lowest BCUT2D eigenvalue weighted by atomic mass is 9.84. The lowest BCUT2D eigenvalue weighted by Gasteiger charge is -2.26. The van der Waals surface area contributed by atoms with Crippen molar-refractivity contribution in [1.82, 2.24) is 14.7 Å². The summed E-state index contributed by atoms with van der Waals surface area (Å²) in [5.74, 6) is 0.448. The van der Waals surface area contributed by atoms with E-state index in [0.717, 1.165) is 23.4 Å². The van der Waals surface area contributed by atoms with Gasteiger partial charge in [-0.1, -0.05) is 76.2 Å². The zero-order valence-electron chi connectivity index (χ0n) is 22.0. The quantitative estimate of drug-likeness (QED) is 0.390. The van der Waals surface area contributed by atoms with Crippen molar-refractivity contribution in [3.05, 3.63) is 66.7 Å². The zero-order valence-corrected chi connectivity index (χ0v) is 22.0.